The minimum atomic E-state index is 0.0699. The van der Waals surface area contributed by atoms with Crippen LogP contribution in [-0.4, -0.2) is 55.5 Å². The van der Waals surface area contributed by atoms with Crippen molar-refractivity contribution in [1.82, 2.24) is 9.80 Å². The third-order valence-corrected chi connectivity index (χ3v) is 4.19. The molecule has 1 aliphatic heterocycles. The van der Waals surface area contributed by atoms with Gasteiger partial charge in [-0.05, 0) is 45.1 Å². The van der Waals surface area contributed by atoms with Crippen LogP contribution < -0.4 is 5.32 Å². The molecule has 21 heavy (non-hydrogen) atoms. The van der Waals surface area contributed by atoms with Crippen LogP contribution >= 0.6 is 11.6 Å². The van der Waals surface area contributed by atoms with E-state index in [4.69, 9.17) is 11.6 Å². The molecule has 1 fully saturated rings. The SMILES string of the molecule is CCCNc1ccc(Cl)cc1C(=O)N1CCC(N(C)C)C1. The van der Waals surface area contributed by atoms with E-state index in [1.54, 1.807) is 6.07 Å². The Kier molecular flexibility index (Phi) is 5.48. The second-order valence-electron chi connectivity index (χ2n) is 5.77. The number of amides is 1. The molecule has 116 valence electrons. The molecule has 1 amide bonds. The molecule has 1 heterocycles. The van der Waals surface area contributed by atoms with E-state index in [2.05, 4.69) is 31.2 Å². The van der Waals surface area contributed by atoms with Crippen molar-refractivity contribution < 1.29 is 4.79 Å². The summed E-state index contributed by atoms with van der Waals surface area (Å²) in [5, 5.41) is 3.91. The zero-order valence-electron chi connectivity index (χ0n) is 13.0. The maximum absolute atomic E-state index is 12.8. The number of carbonyl (C=O) groups is 1. The normalized spacial score (nSPS) is 18.3. The smallest absolute Gasteiger partial charge is 0.256 e. The fraction of sp³-hybridized carbons (Fsp3) is 0.562. The second kappa shape index (κ2) is 7.14. The van der Waals surface area contributed by atoms with Gasteiger partial charge in [0.15, 0.2) is 0 Å². The molecule has 1 atom stereocenters. The largest absolute Gasteiger partial charge is 0.384 e. The first-order valence-electron chi connectivity index (χ1n) is 7.52. The zero-order valence-corrected chi connectivity index (χ0v) is 13.8. The summed E-state index contributed by atoms with van der Waals surface area (Å²) >= 11 is 6.07. The van der Waals surface area contributed by atoms with Crippen LogP contribution in [0, 0.1) is 0 Å². The van der Waals surface area contributed by atoms with Crippen molar-refractivity contribution in [3.63, 3.8) is 0 Å². The minimum absolute atomic E-state index is 0.0699. The monoisotopic (exact) mass is 309 g/mol. The van der Waals surface area contributed by atoms with Gasteiger partial charge in [0, 0.05) is 36.4 Å². The molecule has 1 aliphatic rings. The van der Waals surface area contributed by atoms with Crippen LogP contribution in [-0.2, 0) is 0 Å². The van der Waals surface area contributed by atoms with Gasteiger partial charge in [0.2, 0.25) is 0 Å². The van der Waals surface area contributed by atoms with Gasteiger partial charge < -0.3 is 15.1 Å². The van der Waals surface area contributed by atoms with E-state index in [1.807, 2.05) is 17.0 Å². The fourth-order valence-electron chi connectivity index (χ4n) is 2.63. The first-order valence-corrected chi connectivity index (χ1v) is 7.89. The summed E-state index contributed by atoms with van der Waals surface area (Å²) in [6, 6.07) is 5.93. The molecule has 5 heteroatoms. The van der Waals surface area contributed by atoms with E-state index in [1.165, 1.54) is 0 Å². The number of anilines is 1. The number of nitrogens with one attached hydrogen (secondary N) is 1. The molecule has 1 aromatic rings. The van der Waals surface area contributed by atoms with Gasteiger partial charge in [0.05, 0.1) is 5.56 Å². The molecular formula is C16H24ClN3O. The lowest BCUT2D eigenvalue weighted by molar-refractivity contribution is 0.0784. The Labute approximate surface area is 132 Å². The molecule has 2 rings (SSSR count). The third-order valence-electron chi connectivity index (χ3n) is 3.96. The average Bonchev–Trinajstić information content (AvgIpc) is 2.95. The third kappa shape index (κ3) is 3.89. The first-order chi connectivity index (χ1) is 10.0. The Bertz CT molecular complexity index is 504. The highest BCUT2D eigenvalue weighted by Gasteiger charge is 2.29. The Morgan fingerprint density at radius 2 is 2.24 bits per heavy atom. The molecule has 4 nitrogen and oxygen atoms in total. The second-order valence-corrected chi connectivity index (χ2v) is 6.21. The van der Waals surface area contributed by atoms with Crippen molar-refractivity contribution in [2.24, 2.45) is 0 Å². The van der Waals surface area contributed by atoms with Gasteiger partial charge in [-0.3, -0.25) is 4.79 Å². The quantitative estimate of drug-likeness (QED) is 0.908. The van der Waals surface area contributed by atoms with Gasteiger partial charge in [-0.1, -0.05) is 18.5 Å². The summed E-state index contributed by atoms with van der Waals surface area (Å²) in [6.07, 6.45) is 2.04. The highest BCUT2D eigenvalue weighted by atomic mass is 35.5. The van der Waals surface area contributed by atoms with E-state index in [9.17, 15) is 4.79 Å². The molecule has 1 N–H and O–H groups in total. The van der Waals surface area contributed by atoms with Crippen LogP contribution in [0.2, 0.25) is 5.02 Å². The maximum atomic E-state index is 12.8. The average molecular weight is 310 g/mol. The van der Waals surface area contributed by atoms with Crippen LogP contribution in [0.15, 0.2) is 18.2 Å². The highest BCUT2D eigenvalue weighted by Crippen LogP contribution is 2.24. The summed E-state index contributed by atoms with van der Waals surface area (Å²) in [5.41, 5.74) is 1.55. The Hall–Kier alpha value is -1.26. The lowest BCUT2D eigenvalue weighted by Crippen LogP contribution is -2.34. The number of halogens is 1. The predicted octanol–water partition coefficient (Wildman–Crippen LogP) is 2.94. The minimum Gasteiger partial charge on any atom is -0.384 e. The van der Waals surface area contributed by atoms with Gasteiger partial charge in [0.25, 0.3) is 5.91 Å². The Balaban J connectivity index is 2.16. The molecule has 1 saturated heterocycles. The first kappa shape index (κ1) is 16.1. The molecule has 0 saturated carbocycles. The van der Waals surface area contributed by atoms with E-state index in [0.717, 1.165) is 38.2 Å². The number of carbonyl (C=O) groups excluding carboxylic acids is 1. The van der Waals surface area contributed by atoms with E-state index in [-0.39, 0.29) is 5.91 Å². The van der Waals surface area contributed by atoms with Gasteiger partial charge in [-0.15, -0.1) is 0 Å². The lowest BCUT2D eigenvalue weighted by Gasteiger charge is -2.21. The Morgan fingerprint density at radius 1 is 1.48 bits per heavy atom. The summed E-state index contributed by atoms with van der Waals surface area (Å²) in [5.74, 6) is 0.0699. The summed E-state index contributed by atoms with van der Waals surface area (Å²) in [7, 11) is 4.12. The van der Waals surface area contributed by atoms with Crippen molar-refractivity contribution in [2.45, 2.75) is 25.8 Å². The molecular weight excluding hydrogens is 286 g/mol. The van der Waals surface area contributed by atoms with Crippen molar-refractivity contribution in [2.75, 3.05) is 39.0 Å². The van der Waals surface area contributed by atoms with Crippen LogP contribution in [0.25, 0.3) is 0 Å². The number of rotatable bonds is 5. The van der Waals surface area contributed by atoms with Gasteiger partial charge >= 0.3 is 0 Å². The summed E-state index contributed by atoms with van der Waals surface area (Å²) in [4.78, 5) is 16.9. The van der Waals surface area contributed by atoms with E-state index >= 15 is 0 Å². The van der Waals surface area contributed by atoms with E-state index in [0.29, 0.717) is 16.6 Å². The van der Waals surface area contributed by atoms with Crippen molar-refractivity contribution in [3.05, 3.63) is 28.8 Å². The molecule has 0 aromatic heterocycles. The maximum Gasteiger partial charge on any atom is 0.256 e. The van der Waals surface area contributed by atoms with Crippen molar-refractivity contribution in [3.8, 4) is 0 Å². The number of likely N-dealkylation sites (tertiary alicyclic amines) is 1. The summed E-state index contributed by atoms with van der Waals surface area (Å²) in [6.45, 7) is 4.54. The van der Waals surface area contributed by atoms with Gasteiger partial charge in [0.1, 0.15) is 0 Å². The van der Waals surface area contributed by atoms with Gasteiger partial charge in [-0.25, -0.2) is 0 Å². The molecule has 0 radical (unpaired) electrons. The topological polar surface area (TPSA) is 35.6 Å². The van der Waals surface area contributed by atoms with Gasteiger partial charge in [-0.2, -0.15) is 0 Å². The highest BCUT2D eigenvalue weighted by molar-refractivity contribution is 6.31. The predicted molar refractivity (Wildman–Crippen MR) is 88.2 cm³/mol. The van der Waals surface area contributed by atoms with Crippen LogP contribution in [0.3, 0.4) is 0 Å². The zero-order chi connectivity index (χ0) is 15.4. The number of nitrogens with zero attached hydrogens (tertiary/aromatic N) is 2. The van der Waals surface area contributed by atoms with Crippen molar-refractivity contribution >= 4 is 23.2 Å². The molecule has 1 unspecified atom stereocenters. The Morgan fingerprint density at radius 3 is 2.86 bits per heavy atom. The van der Waals surface area contributed by atoms with Crippen molar-refractivity contribution in [1.29, 1.82) is 0 Å². The molecule has 0 bridgehead atoms. The fourth-order valence-corrected chi connectivity index (χ4v) is 2.80. The van der Waals surface area contributed by atoms with Crippen LogP contribution in [0.4, 0.5) is 5.69 Å². The molecule has 0 aliphatic carbocycles. The van der Waals surface area contributed by atoms with E-state index < -0.39 is 0 Å². The van der Waals surface area contributed by atoms with Crippen LogP contribution in [0.5, 0.6) is 0 Å². The number of likely N-dealkylation sites (N-methyl/N-ethyl adjacent to an activating group) is 1. The number of hydrogen-bond donors (Lipinski definition) is 1. The molecule has 0 spiro atoms. The number of hydrogen-bond acceptors (Lipinski definition) is 3. The standard InChI is InChI=1S/C16H24ClN3O/c1-4-8-18-15-6-5-12(17)10-14(15)16(21)20-9-7-13(11-20)19(2)3/h5-6,10,13,18H,4,7-9,11H2,1-3H3. The number of benzene rings is 1. The van der Waals surface area contributed by atoms with Crippen LogP contribution in [0.1, 0.15) is 30.1 Å². The summed E-state index contributed by atoms with van der Waals surface area (Å²) < 4.78 is 0. The lowest BCUT2D eigenvalue weighted by atomic mass is 10.1. The molecule has 1 aromatic carbocycles.